The quantitative estimate of drug-likeness (QED) is 0.567. The maximum absolute atomic E-state index is 11.9. The molecule has 0 amide bonds. The van der Waals surface area contributed by atoms with Gasteiger partial charge in [0.05, 0.1) is 17.1 Å². The fourth-order valence-corrected chi connectivity index (χ4v) is 3.34. The van der Waals surface area contributed by atoms with Crippen LogP contribution in [0.25, 0.3) is 12.2 Å². The third-order valence-corrected chi connectivity index (χ3v) is 4.55. The molecule has 1 aromatic carbocycles. The van der Waals surface area contributed by atoms with Crippen LogP contribution >= 0.6 is 33.9 Å². The minimum atomic E-state index is -0.400. The first-order valence-electron chi connectivity index (χ1n) is 5.84. The highest BCUT2D eigenvalue weighted by atomic mass is 127. The van der Waals surface area contributed by atoms with Crippen molar-refractivity contribution < 1.29 is 14.3 Å². The Hall–Kier alpha value is -1.34. The van der Waals surface area contributed by atoms with Crippen LogP contribution in [-0.4, -0.2) is 20.2 Å². The van der Waals surface area contributed by atoms with Gasteiger partial charge in [-0.05, 0) is 52.4 Å². The molecule has 5 heteroatoms. The smallest absolute Gasteiger partial charge is 0.342 e. The minimum absolute atomic E-state index is 0.400. The fourth-order valence-electron chi connectivity index (χ4n) is 1.77. The average Bonchev–Trinajstić information content (AvgIpc) is 2.89. The van der Waals surface area contributed by atoms with E-state index in [0.717, 1.165) is 10.4 Å². The van der Waals surface area contributed by atoms with Crippen molar-refractivity contribution in [1.82, 2.24) is 0 Å². The van der Waals surface area contributed by atoms with Crippen molar-refractivity contribution in [3.8, 4) is 5.75 Å². The topological polar surface area (TPSA) is 35.5 Å². The maximum atomic E-state index is 11.9. The van der Waals surface area contributed by atoms with E-state index < -0.39 is 5.97 Å². The summed E-state index contributed by atoms with van der Waals surface area (Å²) in [7, 11) is 2.90. The van der Waals surface area contributed by atoms with Crippen molar-refractivity contribution in [3.05, 3.63) is 49.2 Å². The molecule has 1 aromatic heterocycles. The molecule has 3 nitrogen and oxygen atoms in total. The van der Waals surface area contributed by atoms with E-state index >= 15 is 0 Å². The lowest BCUT2D eigenvalue weighted by Crippen LogP contribution is -2.06. The molecule has 0 atom stereocenters. The Kier molecular flexibility index (Phi) is 5.19. The van der Waals surface area contributed by atoms with E-state index in [1.54, 1.807) is 17.4 Å². The Morgan fingerprint density at radius 2 is 2.00 bits per heavy atom. The highest BCUT2D eigenvalue weighted by Gasteiger charge is 2.16. The number of carbonyl (C=O) groups excluding carboxylic acids is 1. The normalized spacial score (nSPS) is 10.8. The number of ether oxygens (including phenoxy) is 2. The largest absolute Gasteiger partial charge is 0.496 e. The van der Waals surface area contributed by atoms with Gasteiger partial charge in [-0.1, -0.05) is 18.2 Å². The predicted molar refractivity (Wildman–Crippen MR) is 90.3 cm³/mol. The van der Waals surface area contributed by atoms with Crippen molar-refractivity contribution in [3.63, 3.8) is 0 Å². The Balaban J connectivity index is 2.40. The van der Waals surface area contributed by atoms with Crippen molar-refractivity contribution >= 4 is 52.0 Å². The van der Waals surface area contributed by atoms with Crippen LogP contribution in [0.5, 0.6) is 5.75 Å². The lowest BCUT2D eigenvalue weighted by Gasteiger charge is -2.09. The average molecular weight is 400 g/mol. The molecule has 0 aliphatic rings. The van der Waals surface area contributed by atoms with E-state index in [1.807, 2.05) is 30.4 Å². The first-order valence-corrected chi connectivity index (χ1v) is 7.74. The highest BCUT2D eigenvalue weighted by molar-refractivity contribution is 14.1. The third kappa shape index (κ3) is 3.40. The zero-order valence-electron chi connectivity index (χ0n) is 11.1. The fraction of sp³-hybridized carbons (Fsp3) is 0.133. The molecule has 0 N–H and O–H groups in total. The van der Waals surface area contributed by atoms with Gasteiger partial charge in [-0.3, -0.25) is 0 Å². The van der Waals surface area contributed by atoms with Gasteiger partial charge in [-0.25, -0.2) is 4.79 Å². The first-order chi connectivity index (χ1) is 9.65. The van der Waals surface area contributed by atoms with Crippen LogP contribution < -0.4 is 4.74 Å². The van der Waals surface area contributed by atoms with Gasteiger partial charge in [0.1, 0.15) is 11.3 Å². The second kappa shape index (κ2) is 6.90. The Morgan fingerprint density at radius 1 is 1.20 bits per heavy atom. The molecular formula is C15H13IO3S. The number of rotatable bonds is 4. The van der Waals surface area contributed by atoms with Gasteiger partial charge in [0, 0.05) is 4.88 Å². The van der Waals surface area contributed by atoms with E-state index in [0.29, 0.717) is 11.3 Å². The SMILES string of the molecule is COC(=O)c1c(/C=C/c2ccc(I)s2)cccc1OC. The van der Waals surface area contributed by atoms with Crippen molar-refractivity contribution in [1.29, 1.82) is 0 Å². The van der Waals surface area contributed by atoms with E-state index in [-0.39, 0.29) is 0 Å². The molecule has 0 spiro atoms. The van der Waals surface area contributed by atoms with Crippen LogP contribution in [-0.2, 0) is 4.74 Å². The van der Waals surface area contributed by atoms with Gasteiger partial charge in [-0.15, -0.1) is 11.3 Å². The molecule has 0 fully saturated rings. The third-order valence-electron chi connectivity index (χ3n) is 2.69. The number of hydrogen-bond donors (Lipinski definition) is 0. The molecule has 0 saturated heterocycles. The molecule has 2 rings (SSSR count). The minimum Gasteiger partial charge on any atom is -0.496 e. The summed E-state index contributed by atoms with van der Waals surface area (Å²) in [6, 6.07) is 9.56. The summed E-state index contributed by atoms with van der Waals surface area (Å²) in [5, 5.41) is 0. The van der Waals surface area contributed by atoms with Crippen molar-refractivity contribution in [2.24, 2.45) is 0 Å². The zero-order valence-corrected chi connectivity index (χ0v) is 14.0. The van der Waals surface area contributed by atoms with E-state index in [9.17, 15) is 4.79 Å². The molecule has 104 valence electrons. The molecule has 0 saturated carbocycles. The molecule has 1 heterocycles. The summed E-state index contributed by atoms with van der Waals surface area (Å²) in [6.45, 7) is 0. The van der Waals surface area contributed by atoms with Gasteiger partial charge in [0.2, 0.25) is 0 Å². The summed E-state index contributed by atoms with van der Waals surface area (Å²) in [4.78, 5) is 13.0. The second-order valence-electron chi connectivity index (χ2n) is 3.89. The monoisotopic (exact) mass is 400 g/mol. The maximum Gasteiger partial charge on any atom is 0.342 e. The van der Waals surface area contributed by atoms with Crippen LogP contribution in [0.4, 0.5) is 0 Å². The predicted octanol–water partition coefficient (Wildman–Crippen LogP) is 4.32. The zero-order chi connectivity index (χ0) is 14.5. The number of hydrogen-bond acceptors (Lipinski definition) is 4. The number of halogens is 1. The van der Waals surface area contributed by atoms with E-state index in [1.165, 1.54) is 17.1 Å². The lowest BCUT2D eigenvalue weighted by molar-refractivity contribution is 0.0597. The summed E-state index contributed by atoms with van der Waals surface area (Å²) in [5.74, 6) is 0.114. The second-order valence-corrected chi connectivity index (χ2v) is 6.90. The molecular weight excluding hydrogens is 387 g/mol. The van der Waals surface area contributed by atoms with E-state index in [4.69, 9.17) is 9.47 Å². The molecule has 0 aliphatic heterocycles. The van der Waals surface area contributed by atoms with Gasteiger partial charge < -0.3 is 9.47 Å². The van der Waals surface area contributed by atoms with Crippen LogP contribution in [0.2, 0.25) is 0 Å². The van der Waals surface area contributed by atoms with Gasteiger partial charge in [-0.2, -0.15) is 0 Å². The van der Waals surface area contributed by atoms with Crippen LogP contribution in [0.15, 0.2) is 30.3 Å². The highest BCUT2D eigenvalue weighted by Crippen LogP contribution is 2.26. The number of carbonyl (C=O) groups is 1. The molecule has 0 bridgehead atoms. The number of benzene rings is 1. The molecule has 0 unspecified atom stereocenters. The van der Waals surface area contributed by atoms with Crippen LogP contribution in [0, 0.1) is 2.88 Å². The molecule has 0 radical (unpaired) electrons. The van der Waals surface area contributed by atoms with Crippen molar-refractivity contribution in [2.75, 3.05) is 14.2 Å². The van der Waals surface area contributed by atoms with E-state index in [2.05, 4.69) is 28.7 Å². The van der Waals surface area contributed by atoms with Gasteiger partial charge in [0.15, 0.2) is 0 Å². The number of esters is 1. The van der Waals surface area contributed by atoms with Gasteiger partial charge in [0.25, 0.3) is 0 Å². The molecule has 0 aliphatic carbocycles. The van der Waals surface area contributed by atoms with Crippen LogP contribution in [0.1, 0.15) is 20.8 Å². The standard InChI is InChI=1S/C15H13IO3S/c1-18-12-5-3-4-10(14(12)15(17)19-2)6-7-11-8-9-13(16)20-11/h3-9H,1-2H3/b7-6+. The summed E-state index contributed by atoms with van der Waals surface area (Å²) >= 11 is 3.97. The summed E-state index contributed by atoms with van der Waals surface area (Å²) in [6.07, 6.45) is 3.88. The molecule has 20 heavy (non-hydrogen) atoms. The Morgan fingerprint density at radius 3 is 2.60 bits per heavy atom. The Bertz CT molecular complexity index is 646. The summed E-state index contributed by atoms with van der Waals surface area (Å²) in [5.41, 5.74) is 1.22. The van der Waals surface area contributed by atoms with Crippen molar-refractivity contribution in [2.45, 2.75) is 0 Å². The Labute approximate surface area is 135 Å². The summed E-state index contributed by atoms with van der Waals surface area (Å²) < 4.78 is 11.3. The van der Waals surface area contributed by atoms with Gasteiger partial charge >= 0.3 is 5.97 Å². The first kappa shape index (κ1) is 15.1. The van der Waals surface area contributed by atoms with Crippen LogP contribution in [0.3, 0.4) is 0 Å². The lowest BCUT2D eigenvalue weighted by atomic mass is 10.1. The number of thiophene rings is 1. The molecule has 2 aromatic rings. The number of methoxy groups -OCH3 is 2.